The summed E-state index contributed by atoms with van der Waals surface area (Å²) in [6.07, 6.45) is 1.88. The molecule has 0 aromatic heterocycles. The Bertz CT molecular complexity index is 129. The van der Waals surface area contributed by atoms with Crippen molar-refractivity contribution in [3.8, 4) is 0 Å². The van der Waals surface area contributed by atoms with Crippen LogP contribution in [0.25, 0.3) is 0 Å². The van der Waals surface area contributed by atoms with Gasteiger partial charge in [0.25, 0.3) is 0 Å². The zero-order valence-corrected chi connectivity index (χ0v) is 4.78. The maximum Gasteiger partial charge on any atom is 0.0943 e. The Morgan fingerprint density at radius 2 is 2.25 bits per heavy atom. The van der Waals surface area contributed by atoms with Crippen LogP contribution < -0.4 is 5.73 Å². The summed E-state index contributed by atoms with van der Waals surface area (Å²) in [5.41, 5.74) is 6.43. The topological polar surface area (TPSA) is 49.9 Å². The fourth-order valence-electron chi connectivity index (χ4n) is 0.857. The van der Waals surface area contributed by atoms with Crippen LogP contribution >= 0.6 is 0 Å². The lowest BCUT2D eigenvalue weighted by Gasteiger charge is -2.26. The van der Waals surface area contributed by atoms with Crippen LogP contribution in [0.2, 0.25) is 0 Å². The second-order valence-electron chi connectivity index (χ2n) is 2.31. The van der Waals surface area contributed by atoms with Gasteiger partial charge in [0.15, 0.2) is 0 Å². The molecule has 0 bridgehead atoms. The third-order valence-corrected chi connectivity index (χ3v) is 1.51. The molecule has 0 heterocycles. The van der Waals surface area contributed by atoms with Crippen molar-refractivity contribution in [3.05, 3.63) is 12.2 Å². The van der Waals surface area contributed by atoms with Crippen LogP contribution in [0.4, 0.5) is 0 Å². The van der Waals surface area contributed by atoms with Gasteiger partial charge in [-0.15, -0.1) is 0 Å². The summed E-state index contributed by atoms with van der Waals surface area (Å²) in [6, 6.07) is 0. The molecule has 0 saturated heterocycles. The summed E-state index contributed by atoms with van der Waals surface area (Å²) in [5.74, 6) is 0.639. The van der Waals surface area contributed by atoms with Crippen molar-refractivity contribution in [3.63, 3.8) is 0 Å². The van der Waals surface area contributed by atoms with Crippen molar-refractivity contribution in [1.29, 1.82) is 5.41 Å². The Morgan fingerprint density at radius 1 is 1.75 bits per heavy atom. The van der Waals surface area contributed by atoms with Crippen LogP contribution in [0.5, 0.6) is 0 Å². The van der Waals surface area contributed by atoms with Gasteiger partial charge in [0.05, 0.1) is 5.84 Å². The first-order chi connectivity index (χ1) is 3.70. The van der Waals surface area contributed by atoms with E-state index in [9.17, 15) is 0 Å². The van der Waals surface area contributed by atoms with Crippen LogP contribution in [0.3, 0.4) is 0 Å². The molecule has 2 nitrogen and oxygen atoms in total. The van der Waals surface area contributed by atoms with Gasteiger partial charge in [-0.2, -0.15) is 0 Å². The van der Waals surface area contributed by atoms with Gasteiger partial charge >= 0.3 is 0 Å². The van der Waals surface area contributed by atoms with Gasteiger partial charge in [-0.1, -0.05) is 12.2 Å². The zero-order valence-electron chi connectivity index (χ0n) is 4.78. The van der Waals surface area contributed by atoms with E-state index >= 15 is 0 Å². The van der Waals surface area contributed by atoms with Crippen LogP contribution in [0.15, 0.2) is 12.2 Å². The molecule has 8 heavy (non-hydrogen) atoms. The number of nitrogens with two attached hydrogens (primary N) is 1. The molecule has 44 valence electrons. The van der Waals surface area contributed by atoms with Crippen molar-refractivity contribution in [2.75, 3.05) is 0 Å². The van der Waals surface area contributed by atoms with Gasteiger partial charge in [-0.25, -0.2) is 0 Å². The Hall–Kier alpha value is -0.790. The molecule has 1 rings (SSSR count). The van der Waals surface area contributed by atoms with E-state index in [0.717, 1.165) is 12.8 Å². The van der Waals surface area contributed by atoms with E-state index in [4.69, 9.17) is 11.1 Å². The summed E-state index contributed by atoms with van der Waals surface area (Å²) in [7, 11) is 0. The van der Waals surface area contributed by atoms with E-state index in [1.807, 2.05) is 0 Å². The standard InChI is InChI=1S/C6H10N2/c1-4-2-5(3-4)6(7)8/h5H,1-3H2,(H3,7,8). The van der Waals surface area contributed by atoms with Gasteiger partial charge in [-0.3, -0.25) is 5.41 Å². The molecule has 2 heteroatoms. The molecule has 0 aliphatic heterocycles. The highest BCUT2D eigenvalue weighted by molar-refractivity contribution is 5.81. The molecule has 3 N–H and O–H groups in total. The number of allylic oxidation sites excluding steroid dienone is 1. The normalized spacial score (nSPS) is 20.2. The fourth-order valence-corrected chi connectivity index (χ4v) is 0.857. The molecule has 1 aliphatic carbocycles. The lowest BCUT2D eigenvalue weighted by Crippen LogP contribution is -2.29. The van der Waals surface area contributed by atoms with Crippen molar-refractivity contribution < 1.29 is 0 Å². The van der Waals surface area contributed by atoms with Crippen molar-refractivity contribution in [2.24, 2.45) is 11.7 Å². The van der Waals surface area contributed by atoms with Gasteiger partial charge in [0, 0.05) is 5.92 Å². The van der Waals surface area contributed by atoms with Crippen molar-refractivity contribution in [2.45, 2.75) is 12.8 Å². The quantitative estimate of drug-likeness (QED) is 0.294. The average molecular weight is 110 g/mol. The number of rotatable bonds is 1. The minimum absolute atomic E-state index is 0.317. The van der Waals surface area contributed by atoms with Gasteiger partial charge in [0.1, 0.15) is 0 Å². The monoisotopic (exact) mass is 110 g/mol. The highest BCUT2D eigenvalue weighted by atomic mass is 14.7. The molecule has 0 amide bonds. The predicted octanol–water partition coefficient (Wildman–Crippen LogP) is 0.889. The summed E-state index contributed by atoms with van der Waals surface area (Å²) in [4.78, 5) is 0. The van der Waals surface area contributed by atoms with Crippen molar-refractivity contribution in [1.82, 2.24) is 0 Å². The second kappa shape index (κ2) is 1.62. The first kappa shape index (κ1) is 5.35. The lowest BCUT2D eigenvalue weighted by molar-refractivity contribution is 0.543. The van der Waals surface area contributed by atoms with E-state index in [2.05, 4.69) is 6.58 Å². The fraction of sp³-hybridized carbons (Fsp3) is 0.500. The summed E-state index contributed by atoms with van der Waals surface area (Å²) in [6.45, 7) is 3.74. The molecule has 1 saturated carbocycles. The summed E-state index contributed by atoms with van der Waals surface area (Å²) in [5, 5.41) is 6.98. The molecular weight excluding hydrogens is 100 g/mol. The molecule has 0 aromatic rings. The maximum atomic E-state index is 6.98. The van der Waals surface area contributed by atoms with Crippen LogP contribution in [0, 0.1) is 11.3 Å². The number of amidine groups is 1. The first-order valence-electron chi connectivity index (χ1n) is 2.70. The highest BCUT2D eigenvalue weighted by Crippen LogP contribution is 2.30. The predicted molar refractivity (Wildman–Crippen MR) is 33.8 cm³/mol. The Labute approximate surface area is 48.9 Å². The molecule has 0 aromatic carbocycles. The van der Waals surface area contributed by atoms with Crippen LogP contribution in [-0.2, 0) is 0 Å². The smallest absolute Gasteiger partial charge is 0.0943 e. The first-order valence-corrected chi connectivity index (χ1v) is 2.70. The summed E-state index contributed by atoms with van der Waals surface area (Å²) >= 11 is 0. The van der Waals surface area contributed by atoms with E-state index in [-0.39, 0.29) is 0 Å². The average Bonchev–Trinajstić information content (AvgIpc) is 1.57. The number of nitrogens with one attached hydrogen (secondary N) is 1. The van der Waals surface area contributed by atoms with Crippen molar-refractivity contribution >= 4 is 5.84 Å². The van der Waals surface area contributed by atoms with E-state index in [1.54, 1.807) is 0 Å². The molecular formula is C6H10N2. The third kappa shape index (κ3) is 0.735. The van der Waals surface area contributed by atoms with E-state index in [1.165, 1.54) is 5.57 Å². The molecule has 0 radical (unpaired) electrons. The summed E-state index contributed by atoms with van der Waals surface area (Å²) < 4.78 is 0. The van der Waals surface area contributed by atoms with Gasteiger partial charge in [0.2, 0.25) is 0 Å². The second-order valence-corrected chi connectivity index (χ2v) is 2.31. The molecule has 0 atom stereocenters. The van der Waals surface area contributed by atoms with E-state index < -0.39 is 0 Å². The van der Waals surface area contributed by atoms with Gasteiger partial charge in [-0.05, 0) is 12.8 Å². The number of hydrogen-bond acceptors (Lipinski definition) is 1. The van der Waals surface area contributed by atoms with Gasteiger partial charge < -0.3 is 5.73 Å². The Kier molecular flexibility index (Phi) is 1.08. The Balaban J connectivity index is 2.35. The highest BCUT2D eigenvalue weighted by Gasteiger charge is 2.23. The Morgan fingerprint density at radius 3 is 2.38 bits per heavy atom. The minimum Gasteiger partial charge on any atom is -0.387 e. The van der Waals surface area contributed by atoms with Crippen LogP contribution in [-0.4, -0.2) is 5.84 Å². The maximum absolute atomic E-state index is 6.98. The number of hydrogen-bond donors (Lipinski definition) is 2. The SMILES string of the molecule is C=C1CC(C(=N)N)C1. The third-order valence-electron chi connectivity index (χ3n) is 1.51. The zero-order chi connectivity index (χ0) is 6.15. The lowest BCUT2D eigenvalue weighted by atomic mass is 9.80. The largest absolute Gasteiger partial charge is 0.387 e. The molecule has 1 aliphatic rings. The minimum atomic E-state index is 0.317. The molecule has 0 spiro atoms. The molecule has 0 unspecified atom stereocenters. The van der Waals surface area contributed by atoms with E-state index in [0.29, 0.717) is 11.8 Å². The molecule has 1 fully saturated rings. The van der Waals surface area contributed by atoms with Crippen LogP contribution in [0.1, 0.15) is 12.8 Å².